The van der Waals surface area contributed by atoms with Gasteiger partial charge in [0, 0.05) is 33.7 Å². The Morgan fingerprint density at radius 1 is 0.963 bits per heavy atom. The highest BCUT2D eigenvalue weighted by Gasteiger charge is 2.37. The van der Waals surface area contributed by atoms with Gasteiger partial charge in [-0.3, -0.25) is 9.59 Å². The number of hydrogen-bond donors (Lipinski definition) is 3. The van der Waals surface area contributed by atoms with E-state index < -0.39 is 12.1 Å². The Kier molecular flexibility index (Phi) is 4.90. The number of aromatic nitrogens is 1. The van der Waals surface area contributed by atoms with Crippen LogP contribution in [0.4, 0.5) is 0 Å². The minimum atomic E-state index is -0.574. The number of carbonyl (C=O) groups excluding carboxylic acids is 2. The zero-order chi connectivity index (χ0) is 18.8. The van der Waals surface area contributed by atoms with Crippen LogP contribution in [0.25, 0.3) is 10.9 Å². The lowest BCUT2D eigenvalue weighted by molar-refractivity contribution is -0.136. The van der Waals surface area contributed by atoms with Gasteiger partial charge in [0.1, 0.15) is 12.1 Å². The van der Waals surface area contributed by atoms with Gasteiger partial charge in [-0.25, -0.2) is 0 Å². The highest BCUT2D eigenvalue weighted by atomic mass is 32.2. The lowest BCUT2D eigenvalue weighted by atomic mass is 9.90. The van der Waals surface area contributed by atoms with Crippen molar-refractivity contribution in [2.75, 3.05) is 5.75 Å². The van der Waals surface area contributed by atoms with Crippen LogP contribution in [-0.2, 0) is 9.59 Å². The molecule has 1 fully saturated rings. The Morgan fingerprint density at radius 2 is 1.70 bits per heavy atom. The van der Waals surface area contributed by atoms with E-state index in [1.54, 1.807) is 11.8 Å². The van der Waals surface area contributed by atoms with Crippen molar-refractivity contribution >= 4 is 34.5 Å². The zero-order valence-electron chi connectivity index (χ0n) is 14.9. The molecular formula is C21H21N3O2S. The summed E-state index contributed by atoms with van der Waals surface area (Å²) in [5.74, 6) is 0.115. The third-order valence-electron chi connectivity index (χ3n) is 4.98. The fourth-order valence-electron chi connectivity index (χ4n) is 3.46. The van der Waals surface area contributed by atoms with E-state index in [0.717, 1.165) is 21.4 Å². The van der Waals surface area contributed by atoms with E-state index in [0.29, 0.717) is 5.75 Å². The van der Waals surface area contributed by atoms with Crippen molar-refractivity contribution in [1.29, 1.82) is 0 Å². The third-order valence-corrected chi connectivity index (χ3v) is 6.09. The second-order valence-electron chi connectivity index (χ2n) is 6.75. The summed E-state index contributed by atoms with van der Waals surface area (Å²) in [4.78, 5) is 29.6. The van der Waals surface area contributed by atoms with Crippen LogP contribution >= 0.6 is 11.8 Å². The van der Waals surface area contributed by atoms with Crippen LogP contribution in [0.3, 0.4) is 0 Å². The molecule has 1 aliphatic heterocycles. The molecule has 0 saturated carbocycles. The highest BCUT2D eigenvalue weighted by molar-refractivity contribution is 7.99. The van der Waals surface area contributed by atoms with Crippen molar-refractivity contribution in [3.63, 3.8) is 0 Å². The Labute approximate surface area is 161 Å². The number of aromatic amines is 1. The highest BCUT2D eigenvalue weighted by Crippen LogP contribution is 2.29. The van der Waals surface area contributed by atoms with Crippen molar-refractivity contribution in [3.8, 4) is 0 Å². The average Bonchev–Trinajstić information content (AvgIpc) is 3.13. The summed E-state index contributed by atoms with van der Waals surface area (Å²) < 4.78 is 0. The molecule has 0 bridgehead atoms. The first-order valence-electron chi connectivity index (χ1n) is 8.98. The number of rotatable bonds is 5. The lowest BCUT2D eigenvalue weighted by Gasteiger charge is -2.32. The van der Waals surface area contributed by atoms with E-state index in [2.05, 4.69) is 15.6 Å². The molecular weight excluding hydrogens is 358 g/mol. The summed E-state index contributed by atoms with van der Waals surface area (Å²) in [7, 11) is 0. The van der Waals surface area contributed by atoms with Crippen molar-refractivity contribution < 1.29 is 9.59 Å². The molecule has 1 saturated heterocycles. The molecule has 1 aromatic heterocycles. The van der Waals surface area contributed by atoms with Gasteiger partial charge < -0.3 is 15.6 Å². The number of piperazine rings is 1. The molecule has 3 atom stereocenters. The van der Waals surface area contributed by atoms with E-state index in [9.17, 15) is 9.59 Å². The topological polar surface area (TPSA) is 74.0 Å². The number of H-pyrrole nitrogens is 1. The first-order chi connectivity index (χ1) is 13.1. The molecule has 2 amide bonds. The van der Waals surface area contributed by atoms with Gasteiger partial charge in [0.05, 0.1) is 0 Å². The lowest BCUT2D eigenvalue weighted by Crippen LogP contribution is -2.63. The number of carbonyl (C=O) groups is 2. The quantitative estimate of drug-likeness (QED) is 0.597. The van der Waals surface area contributed by atoms with Crippen molar-refractivity contribution in [2.45, 2.75) is 29.8 Å². The minimum absolute atomic E-state index is 0.130. The van der Waals surface area contributed by atoms with Gasteiger partial charge in [-0.2, -0.15) is 0 Å². The third kappa shape index (κ3) is 3.57. The molecule has 2 heterocycles. The Morgan fingerprint density at radius 3 is 2.52 bits per heavy atom. The predicted octanol–water partition coefficient (Wildman–Crippen LogP) is 3.05. The van der Waals surface area contributed by atoms with Crippen LogP contribution in [0.2, 0.25) is 0 Å². The molecule has 0 aliphatic carbocycles. The Bertz CT molecular complexity index is 970. The summed E-state index contributed by atoms with van der Waals surface area (Å²) in [6, 6.07) is 16.7. The van der Waals surface area contributed by atoms with E-state index in [-0.39, 0.29) is 17.7 Å². The number of benzene rings is 2. The Balaban J connectivity index is 1.45. The fourth-order valence-corrected chi connectivity index (χ4v) is 4.41. The molecule has 4 rings (SSSR count). The molecule has 0 radical (unpaired) electrons. The van der Waals surface area contributed by atoms with Gasteiger partial charge in [0.15, 0.2) is 0 Å². The van der Waals surface area contributed by atoms with Crippen LogP contribution in [0.15, 0.2) is 65.7 Å². The van der Waals surface area contributed by atoms with E-state index in [4.69, 9.17) is 0 Å². The number of amides is 2. The number of thioether (sulfide) groups is 1. The second-order valence-corrected chi connectivity index (χ2v) is 7.84. The summed E-state index contributed by atoms with van der Waals surface area (Å²) in [5, 5.41) is 6.90. The number of fused-ring (bicyclic) bond motifs is 1. The molecule has 5 nitrogen and oxygen atoms in total. The molecule has 1 unspecified atom stereocenters. The number of nitrogens with one attached hydrogen (secondary N) is 3. The van der Waals surface area contributed by atoms with Gasteiger partial charge in [-0.05, 0) is 23.8 Å². The van der Waals surface area contributed by atoms with Gasteiger partial charge >= 0.3 is 0 Å². The maximum absolute atomic E-state index is 12.7. The van der Waals surface area contributed by atoms with Gasteiger partial charge in [0.2, 0.25) is 11.8 Å². The Hall–Kier alpha value is -2.73. The van der Waals surface area contributed by atoms with Crippen LogP contribution < -0.4 is 10.6 Å². The normalized spacial score (nSPS) is 20.9. The van der Waals surface area contributed by atoms with Crippen LogP contribution in [0.5, 0.6) is 0 Å². The largest absolute Gasteiger partial charge is 0.361 e. The maximum atomic E-state index is 12.7. The summed E-state index contributed by atoms with van der Waals surface area (Å²) >= 11 is 1.56. The smallest absolute Gasteiger partial charge is 0.244 e. The van der Waals surface area contributed by atoms with Crippen molar-refractivity contribution in [3.05, 3.63) is 66.4 Å². The SMILES string of the molecule is CC(c1c[nH]c2ccccc12)[C@H]1NC(=O)[C@H](CSc2ccccc2)NC1=O. The molecule has 1 aliphatic rings. The van der Waals surface area contributed by atoms with E-state index >= 15 is 0 Å². The molecule has 27 heavy (non-hydrogen) atoms. The van der Waals surface area contributed by atoms with E-state index in [1.807, 2.05) is 67.7 Å². The van der Waals surface area contributed by atoms with Gasteiger partial charge in [0.25, 0.3) is 0 Å². The summed E-state index contributed by atoms with van der Waals surface area (Å²) in [6.45, 7) is 1.97. The first-order valence-corrected chi connectivity index (χ1v) is 9.96. The van der Waals surface area contributed by atoms with Crippen LogP contribution in [-0.4, -0.2) is 34.6 Å². The molecule has 2 aromatic carbocycles. The average molecular weight is 379 g/mol. The van der Waals surface area contributed by atoms with E-state index in [1.165, 1.54) is 0 Å². The maximum Gasteiger partial charge on any atom is 0.244 e. The molecule has 138 valence electrons. The molecule has 6 heteroatoms. The summed E-state index contributed by atoms with van der Waals surface area (Å²) in [6.07, 6.45) is 1.92. The predicted molar refractivity (Wildman–Crippen MR) is 108 cm³/mol. The number of hydrogen-bond acceptors (Lipinski definition) is 3. The summed E-state index contributed by atoms with van der Waals surface area (Å²) in [5.41, 5.74) is 2.06. The zero-order valence-corrected chi connectivity index (χ0v) is 15.8. The van der Waals surface area contributed by atoms with Crippen molar-refractivity contribution in [2.24, 2.45) is 0 Å². The number of para-hydroxylation sites is 1. The van der Waals surface area contributed by atoms with Crippen LogP contribution in [0.1, 0.15) is 18.4 Å². The van der Waals surface area contributed by atoms with Crippen LogP contribution in [0, 0.1) is 0 Å². The second kappa shape index (κ2) is 7.48. The minimum Gasteiger partial charge on any atom is -0.361 e. The first kappa shape index (κ1) is 17.7. The molecule has 0 spiro atoms. The molecule has 3 N–H and O–H groups in total. The monoisotopic (exact) mass is 379 g/mol. The molecule has 3 aromatic rings. The van der Waals surface area contributed by atoms with Gasteiger partial charge in [-0.1, -0.05) is 43.3 Å². The standard InChI is InChI=1S/C21H21N3O2S/c1-13(16-11-22-17-10-6-5-9-15(16)17)19-21(26)23-18(20(25)24-19)12-27-14-7-3-2-4-8-14/h2-11,13,18-19,22H,12H2,1H3,(H,23,26)(H,24,25)/t13?,18-,19+/m0/s1. The fraction of sp³-hybridized carbons (Fsp3) is 0.238. The van der Waals surface area contributed by atoms with Crippen molar-refractivity contribution in [1.82, 2.24) is 15.6 Å². The van der Waals surface area contributed by atoms with Gasteiger partial charge in [-0.15, -0.1) is 11.8 Å².